The van der Waals surface area contributed by atoms with E-state index >= 15 is 0 Å². The predicted molar refractivity (Wildman–Crippen MR) is 58.2 cm³/mol. The van der Waals surface area contributed by atoms with E-state index < -0.39 is 23.2 Å². The lowest BCUT2D eigenvalue weighted by molar-refractivity contribution is 0.112. The molecule has 0 N–H and O–H groups in total. The van der Waals surface area contributed by atoms with E-state index in [2.05, 4.69) is 0 Å². The number of carbonyl (C=O) groups is 1. The first kappa shape index (κ1) is 12.2. The summed E-state index contributed by atoms with van der Waals surface area (Å²) in [7, 11) is 0. The van der Waals surface area contributed by atoms with Crippen LogP contribution in [-0.2, 0) is 0 Å². The Morgan fingerprint density at radius 2 is 1.67 bits per heavy atom. The molecule has 0 unspecified atom stereocenters. The fourth-order valence-corrected chi connectivity index (χ4v) is 1.39. The van der Waals surface area contributed by atoms with Gasteiger partial charge in [-0.25, -0.2) is 13.2 Å². The summed E-state index contributed by atoms with van der Waals surface area (Å²) in [6, 6.07) is 6.55. The van der Waals surface area contributed by atoms with Crippen molar-refractivity contribution >= 4 is 6.29 Å². The highest BCUT2D eigenvalue weighted by Gasteiger charge is 2.13. The number of ether oxygens (including phenoxy) is 1. The molecule has 5 heteroatoms. The van der Waals surface area contributed by atoms with Crippen molar-refractivity contribution in [2.45, 2.75) is 0 Å². The van der Waals surface area contributed by atoms with E-state index in [1.54, 1.807) is 0 Å². The van der Waals surface area contributed by atoms with Crippen molar-refractivity contribution in [1.82, 2.24) is 0 Å². The average molecular weight is 252 g/mol. The van der Waals surface area contributed by atoms with E-state index in [1.165, 1.54) is 18.2 Å². The van der Waals surface area contributed by atoms with E-state index in [-0.39, 0.29) is 11.3 Å². The Morgan fingerprint density at radius 1 is 1.00 bits per heavy atom. The molecular formula is C13H7F3O2. The molecule has 0 bridgehead atoms. The van der Waals surface area contributed by atoms with Crippen LogP contribution < -0.4 is 4.74 Å². The molecule has 0 atom stereocenters. The standard InChI is InChI=1S/C13H7F3O2/c14-9-2-1-3-10(6-9)18-13-11(15)4-8(7-17)5-12(13)16/h1-7H. The second kappa shape index (κ2) is 4.91. The van der Waals surface area contributed by atoms with Gasteiger partial charge in [0, 0.05) is 11.6 Å². The highest BCUT2D eigenvalue weighted by molar-refractivity contribution is 5.75. The van der Waals surface area contributed by atoms with Crippen LogP contribution >= 0.6 is 0 Å². The van der Waals surface area contributed by atoms with E-state index in [0.717, 1.165) is 18.2 Å². The second-order valence-corrected chi connectivity index (χ2v) is 3.49. The van der Waals surface area contributed by atoms with Gasteiger partial charge in [-0.3, -0.25) is 4.79 Å². The molecule has 0 saturated heterocycles. The van der Waals surface area contributed by atoms with Crippen molar-refractivity contribution in [3.63, 3.8) is 0 Å². The quantitative estimate of drug-likeness (QED) is 0.778. The normalized spacial score (nSPS) is 10.2. The summed E-state index contributed by atoms with van der Waals surface area (Å²) < 4.78 is 44.7. The van der Waals surface area contributed by atoms with Crippen molar-refractivity contribution in [3.8, 4) is 11.5 Å². The van der Waals surface area contributed by atoms with Gasteiger partial charge in [-0.2, -0.15) is 0 Å². The second-order valence-electron chi connectivity index (χ2n) is 3.49. The number of rotatable bonds is 3. The Kier molecular flexibility index (Phi) is 3.32. The molecule has 0 radical (unpaired) electrons. The summed E-state index contributed by atoms with van der Waals surface area (Å²) in [5.74, 6) is -3.35. The molecule has 0 aliphatic rings. The van der Waals surface area contributed by atoms with Gasteiger partial charge in [-0.15, -0.1) is 0 Å². The minimum atomic E-state index is -1.03. The maximum atomic E-state index is 13.5. The molecule has 2 aromatic carbocycles. The Hall–Kier alpha value is -2.30. The number of hydrogen-bond donors (Lipinski definition) is 0. The molecule has 0 aromatic heterocycles. The minimum absolute atomic E-state index is 0.0355. The first-order chi connectivity index (χ1) is 8.60. The highest BCUT2D eigenvalue weighted by atomic mass is 19.1. The molecule has 0 amide bonds. The van der Waals surface area contributed by atoms with Crippen LogP contribution in [0.5, 0.6) is 11.5 Å². The molecule has 0 heterocycles. The van der Waals surface area contributed by atoms with Gasteiger partial charge < -0.3 is 4.74 Å². The van der Waals surface area contributed by atoms with Crippen molar-refractivity contribution in [2.75, 3.05) is 0 Å². The van der Waals surface area contributed by atoms with Crippen molar-refractivity contribution in [1.29, 1.82) is 0 Å². The van der Waals surface area contributed by atoms with Gasteiger partial charge >= 0.3 is 0 Å². The fraction of sp³-hybridized carbons (Fsp3) is 0. The van der Waals surface area contributed by atoms with Crippen molar-refractivity contribution < 1.29 is 22.7 Å². The monoisotopic (exact) mass is 252 g/mol. The molecule has 0 aliphatic carbocycles. The Morgan fingerprint density at radius 3 is 2.22 bits per heavy atom. The van der Waals surface area contributed by atoms with Crippen LogP contribution in [0.3, 0.4) is 0 Å². The average Bonchev–Trinajstić information content (AvgIpc) is 2.33. The summed E-state index contributed by atoms with van der Waals surface area (Å²) >= 11 is 0. The van der Waals surface area contributed by atoms with Crippen LogP contribution in [0.1, 0.15) is 10.4 Å². The molecule has 2 rings (SSSR count). The summed E-state index contributed by atoms with van der Waals surface area (Å²) in [6.45, 7) is 0. The molecule has 2 nitrogen and oxygen atoms in total. The van der Waals surface area contributed by atoms with Gasteiger partial charge in [-0.1, -0.05) is 6.07 Å². The summed E-state index contributed by atoms with van der Waals surface area (Å²) in [5, 5.41) is 0. The zero-order valence-corrected chi connectivity index (χ0v) is 8.99. The van der Waals surface area contributed by atoms with Crippen LogP contribution in [0.2, 0.25) is 0 Å². The number of hydrogen-bond acceptors (Lipinski definition) is 2. The van der Waals surface area contributed by atoms with Gasteiger partial charge in [0.05, 0.1) is 0 Å². The van der Waals surface area contributed by atoms with Gasteiger partial charge in [-0.05, 0) is 24.3 Å². The lowest BCUT2D eigenvalue weighted by atomic mass is 10.2. The minimum Gasteiger partial charge on any atom is -0.451 e. The summed E-state index contributed by atoms with van der Waals surface area (Å²) in [5.41, 5.74) is -0.142. The first-order valence-electron chi connectivity index (χ1n) is 4.98. The molecule has 92 valence electrons. The third-order valence-electron chi connectivity index (χ3n) is 2.17. The van der Waals surface area contributed by atoms with Crippen LogP contribution in [0.25, 0.3) is 0 Å². The van der Waals surface area contributed by atoms with E-state index in [1.807, 2.05) is 0 Å². The topological polar surface area (TPSA) is 26.3 Å². The van der Waals surface area contributed by atoms with Crippen molar-refractivity contribution in [3.05, 3.63) is 59.4 Å². The largest absolute Gasteiger partial charge is 0.451 e. The third-order valence-corrected chi connectivity index (χ3v) is 2.17. The lowest BCUT2D eigenvalue weighted by Gasteiger charge is -2.08. The molecule has 18 heavy (non-hydrogen) atoms. The molecule has 0 saturated carbocycles. The number of halogens is 3. The Bertz CT molecular complexity index is 574. The van der Waals surface area contributed by atoms with Crippen LogP contribution in [0.4, 0.5) is 13.2 Å². The van der Waals surface area contributed by atoms with Crippen LogP contribution in [0, 0.1) is 17.5 Å². The zero-order valence-electron chi connectivity index (χ0n) is 8.99. The molecule has 0 spiro atoms. The van der Waals surface area contributed by atoms with Gasteiger partial charge in [0.15, 0.2) is 17.4 Å². The van der Waals surface area contributed by atoms with Gasteiger partial charge in [0.25, 0.3) is 0 Å². The third kappa shape index (κ3) is 2.51. The maximum absolute atomic E-state index is 13.5. The fourth-order valence-electron chi connectivity index (χ4n) is 1.39. The lowest BCUT2D eigenvalue weighted by Crippen LogP contribution is -1.95. The van der Waals surface area contributed by atoms with E-state index in [0.29, 0.717) is 6.29 Å². The number of benzene rings is 2. The van der Waals surface area contributed by atoms with Crippen LogP contribution in [-0.4, -0.2) is 6.29 Å². The highest BCUT2D eigenvalue weighted by Crippen LogP contribution is 2.28. The summed E-state index contributed by atoms with van der Waals surface area (Å²) in [6.07, 6.45) is 0.318. The molecule has 0 aliphatic heterocycles. The van der Waals surface area contributed by atoms with Crippen LogP contribution in [0.15, 0.2) is 36.4 Å². The zero-order chi connectivity index (χ0) is 13.1. The molecule has 2 aromatic rings. The predicted octanol–water partition coefficient (Wildman–Crippen LogP) is 3.71. The number of carbonyl (C=O) groups excluding carboxylic acids is 1. The first-order valence-corrected chi connectivity index (χ1v) is 4.98. The van der Waals surface area contributed by atoms with Gasteiger partial charge in [0.2, 0.25) is 0 Å². The maximum Gasteiger partial charge on any atom is 0.198 e. The number of aldehydes is 1. The smallest absolute Gasteiger partial charge is 0.198 e. The van der Waals surface area contributed by atoms with E-state index in [4.69, 9.17) is 4.74 Å². The molecule has 0 fully saturated rings. The Labute approximate surface area is 101 Å². The SMILES string of the molecule is O=Cc1cc(F)c(Oc2cccc(F)c2)c(F)c1. The van der Waals surface area contributed by atoms with Gasteiger partial charge in [0.1, 0.15) is 17.9 Å². The Balaban J connectivity index is 2.37. The molecular weight excluding hydrogens is 245 g/mol. The van der Waals surface area contributed by atoms with E-state index in [9.17, 15) is 18.0 Å². The summed E-state index contributed by atoms with van der Waals surface area (Å²) in [4.78, 5) is 10.4. The van der Waals surface area contributed by atoms with Crippen molar-refractivity contribution in [2.24, 2.45) is 0 Å².